The van der Waals surface area contributed by atoms with Crippen molar-refractivity contribution in [2.75, 3.05) is 6.26 Å². The highest BCUT2D eigenvalue weighted by atomic mass is 79.9. The number of alkyl halides is 2. The first-order valence-electron chi connectivity index (χ1n) is 7.41. The van der Waals surface area contributed by atoms with E-state index in [1.165, 1.54) is 0 Å². The molecule has 1 aromatic heterocycles. The molecule has 0 saturated heterocycles. The Kier molecular flexibility index (Phi) is 5.13. The van der Waals surface area contributed by atoms with Crippen molar-refractivity contribution in [2.45, 2.75) is 11.3 Å². The van der Waals surface area contributed by atoms with Crippen molar-refractivity contribution < 1.29 is 26.0 Å². The summed E-state index contributed by atoms with van der Waals surface area (Å²) in [5.74, 6) is -2.26. The van der Waals surface area contributed by atoms with Crippen LogP contribution in [0.3, 0.4) is 0 Å². The highest BCUT2D eigenvalue weighted by molar-refractivity contribution is 9.10. The predicted molar refractivity (Wildman–Crippen MR) is 94.7 cm³/mol. The highest BCUT2D eigenvalue weighted by Crippen LogP contribution is 2.32. The smallest absolute Gasteiger partial charge is 0.232 e. The Morgan fingerprint density at radius 2 is 1.78 bits per heavy atom. The van der Waals surface area contributed by atoms with Crippen LogP contribution in [0.5, 0.6) is 0 Å². The minimum Gasteiger partial charge on any atom is -0.232 e. The summed E-state index contributed by atoms with van der Waals surface area (Å²) in [5.41, 5.74) is -0.825. The van der Waals surface area contributed by atoms with Crippen LogP contribution in [0.1, 0.15) is 12.1 Å². The number of hydrogen-bond donors (Lipinski definition) is 0. The van der Waals surface area contributed by atoms with E-state index < -0.39 is 38.5 Å². The average molecular weight is 463 g/mol. The zero-order valence-electron chi connectivity index (χ0n) is 13.6. The lowest BCUT2D eigenvalue weighted by Gasteiger charge is -2.10. The number of benzene rings is 2. The molecule has 0 bridgehead atoms. The maximum atomic E-state index is 14.6. The molecule has 0 atom stereocenters. The Morgan fingerprint density at radius 1 is 1.07 bits per heavy atom. The van der Waals surface area contributed by atoms with Gasteiger partial charge >= 0.3 is 0 Å². The molecular weight excluding hydrogens is 452 g/mol. The summed E-state index contributed by atoms with van der Waals surface area (Å²) < 4.78 is 79.8. The van der Waals surface area contributed by atoms with Crippen LogP contribution in [0.4, 0.5) is 17.6 Å². The van der Waals surface area contributed by atoms with E-state index in [0.29, 0.717) is 22.3 Å². The molecule has 0 aliphatic heterocycles. The first-order chi connectivity index (χ1) is 12.6. The van der Waals surface area contributed by atoms with E-state index in [1.807, 2.05) is 0 Å². The van der Waals surface area contributed by atoms with Crippen molar-refractivity contribution in [1.29, 1.82) is 0 Å². The number of rotatable bonds is 4. The molecule has 3 rings (SSSR count). The van der Waals surface area contributed by atoms with Gasteiger partial charge in [-0.15, -0.1) is 0 Å². The summed E-state index contributed by atoms with van der Waals surface area (Å²) in [6, 6.07) is 8.55. The molecule has 0 N–H and O–H groups in total. The quantitative estimate of drug-likeness (QED) is 0.517. The lowest BCUT2D eigenvalue weighted by atomic mass is 10.1. The molecule has 0 saturated carbocycles. The molecule has 3 aromatic rings. The molecule has 4 nitrogen and oxygen atoms in total. The third-order valence-electron chi connectivity index (χ3n) is 3.70. The Labute approximate surface area is 160 Å². The summed E-state index contributed by atoms with van der Waals surface area (Å²) in [7, 11) is -3.99. The molecule has 0 unspecified atom stereocenters. The van der Waals surface area contributed by atoms with E-state index in [9.17, 15) is 26.0 Å². The topological polar surface area (TPSA) is 52.0 Å². The second-order valence-corrected chi connectivity index (χ2v) is 8.58. The van der Waals surface area contributed by atoms with E-state index >= 15 is 0 Å². The van der Waals surface area contributed by atoms with E-state index in [-0.39, 0.29) is 11.3 Å². The first-order valence-corrected chi connectivity index (χ1v) is 10.1. The van der Waals surface area contributed by atoms with Crippen molar-refractivity contribution >= 4 is 25.8 Å². The SMILES string of the molecule is CS(=O)(=O)c1cc(F)c(-c2cc(C(F)F)nn2-c2cccc(Br)c2)cc1F. The van der Waals surface area contributed by atoms with Crippen LogP contribution in [0, 0.1) is 11.6 Å². The van der Waals surface area contributed by atoms with Crippen LogP contribution >= 0.6 is 15.9 Å². The maximum absolute atomic E-state index is 14.6. The van der Waals surface area contributed by atoms with Crippen molar-refractivity contribution in [3.05, 3.63) is 64.3 Å². The molecule has 0 amide bonds. The Hall–Kier alpha value is -2.20. The average Bonchev–Trinajstić information content (AvgIpc) is 3.01. The molecule has 2 aromatic carbocycles. The van der Waals surface area contributed by atoms with Gasteiger partial charge < -0.3 is 0 Å². The zero-order chi connectivity index (χ0) is 19.9. The van der Waals surface area contributed by atoms with Crippen molar-refractivity contribution in [3.63, 3.8) is 0 Å². The van der Waals surface area contributed by atoms with Crippen molar-refractivity contribution in [1.82, 2.24) is 9.78 Å². The molecule has 0 aliphatic rings. The molecule has 142 valence electrons. The fourth-order valence-corrected chi connectivity index (χ4v) is 3.63. The Morgan fingerprint density at radius 3 is 2.37 bits per heavy atom. The summed E-state index contributed by atoms with van der Waals surface area (Å²) in [4.78, 5) is -0.814. The monoisotopic (exact) mass is 462 g/mol. The van der Waals surface area contributed by atoms with Gasteiger partial charge in [-0.25, -0.2) is 30.7 Å². The summed E-state index contributed by atoms with van der Waals surface area (Å²) >= 11 is 3.24. The van der Waals surface area contributed by atoms with E-state index in [0.717, 1.165) is 17.0 Å². The third kappa shape index (κ3) is 3.91. The van der Waals surface area contributed by atoms with Gasteiger partial charge in [-0.3, -0.25) is 0 Å². The molecule has 0 aliphatic carbocycles. The van der Waals surface area contributed by atoms with Crippen LogP contribution in [0.2, 0.25) is 0 Å². The van der Waals surface area contributed by atoms with Gasteiger partial charge in [-0.1, -0.05) is 22.0 Å². The van der Waals surface area contributed by atoms with Crippen molar-refractivity contribution in [3.8, 4) is 16.9 Å². The van der Waals surface area contributed by atoms with Gasteiger partial charge in [0.25, 0.3) is 6.43 Å². The molecule has 27 heavy (non-hydrogen) atoms. The normalized spacial score (nSPS) is 12.0. The van der Waals surface area contributed by atoms with E-state index in [4.69, 9.17) is 0 Å². The van der Waals surface area contributed by atoms with Gasteiger partial charge in [-0.2, -0.15) is 5.10 Å². The van der Waals surface area contributed by atoms with E-state index in [1.54, 1.807) is 24.3 Å². The minimum atomic E-state index is -3.99. The molecule has 0 radical (unpaired) electrons. The zero-order valence-corrected chi connectivity index (χ0v) is 16.0. The number of halogens is 5. The molecule has 0 spiro atoms. The highest BCUT2D eigenvalue weighted by Gasteiger charge is 2.23. The number of hydrogen-bond acceptors (Lipinski definition) is 3. The Bertz CT molecular complexity index is 1130. The standard InChI is InChI=1S/C17H11BrF4N2O2S/c1-27(25,26)16-7-12(19)11(6-13(16)20)15-8-14(17(21)22)23-24(15)10-4-2-3-9(18)5-10/h2-8,17H,1H3. The lowest BCUT2D eigenvalue weighted by Crippen LogP contribution is -2.05. The van der Waals surface area contributed by atoms with Gasteiger partial charge in [0.15, 0.2) is 9.84 Å². The largest absolute Gasteiger partial charge is 0.282 e. The number of aromatic nitrogens is 2. The van der Waals surface area contributed by atoms with Gasteiger partial charge in [0.2, 0.25) is 0 Å². The molecule has 0 fully saturated rings. The second kappa shape index (κ2) is 7.08. The summed E-state index contributed by atoms with van der Waals surface area (Å²) in [5, 5.41) is 3.78. The fraction of sp³-hybridized carbons (Fsp3) is 0.118. The van der Waals surface area contributed by atoms with Crippen molar-refractivity contribution in [2.24, 2.45) is 0 Å². The fourth-order valence-electron chi connectivity index (χ4n) is 2.51. The number of nitrogens with zero attached hydrogens (tertiary/aromatic N) is 2. The van der Waals surface area contributed by atoms with Crippen LogP contribution in [0.15, 0.2) is 51.8 Å². The van der Waals surface area contributed by atoms with Crippen LogP contribution in [-0.2, 0) is 9.84 Å². The third-order valence-corrected chi connectivity index (χ3v) is 5.31. The lowest BCUT2D eigenvalue weighted by molar-refractivity contribution is 0.145. The van der Waals surface area contributed by atoms with Gasteiger partial charge in [0.05, 0.1) is 11.4 Å². The summed E-state index contributed by atoms with van der Waals surface area (Å²) in [6.45, 7) is 0. The minimum absolute atomic E-state index is 0.139. The van der Waals surface area contributed by atoms with E-state index in [2.05, 4.69) is 21.0 Å². The van der Waals surface area contributed by atoms with Gasteiger partial charge in [0.1, 0.15) is 22.2 Å². The first kappa shape index (κ1) is 19.6. The number of sulfone groups is 1. The predicted octanol–water partition coefficient (Wildman–Crippen LogP) is 4.92. The van der Waals surface area contributed by atoms with Crippen LogP contribution < -0.4 is 0 Å². The molecule has 1 heterocycles. The van der Waals surface area contributed by atoms with Crippen LogP contribution in [-0.4, -0.2) is 24.5 Å². The summed E-state index contributed by atoms with van der Waals surface area (Å²) in [6.07, 6.45) is -2.19. The molecule has 10 heteroatoms. The maximum Gasteiger partial charge on any atom is 0.282 e. The second-order valence-electron chi connectivity index (χ2n) is 5.68. The Balaban J connectivity index is 2.27. The van der Waals surface area contributed by atoms with Gasteiger partial charge in [0, 0.05) is 16.3 Å². The van der Waals surface area contributed by atoms with Gasteiger partial charge in [-0.05, 0) is 36.4 Å². The molecular formula is C17H11BrF4N2O2S. The van der Waals surface area contributed by atoms with Crippen LogP contribution in [0.25, 0.3) is 16.9 Å².